The third-order valence-electron chi connectivity index (χ3n) is 0.292. The molecule has 0 aliphatic heterocycles. The SMILES string of the molecule is CCBr.O=S(=O)(O)C(F)(F)F. The molecule has 0 saturated heterocycles. The van der Waals surface area contributed by atoms with Crippen molar-refractivity contribution >= 4 is 26.0 Å². The Labute approximate surface area is 70.5 Å². The molecule has 11 heavy (non-hydrogen) atoms. The van der Waals surface area contributed by atoms with Crippen LogP contribution in [0.15, 0.2) is 0 Å². The van der Waals surface area contributed by atoms with Crippen molar-refractivity contribution in [1.82, 2.24) is 0 Å². The Balaban J connectivity index is 0. The zero-order chi connectivity index (χ0) is 9.71. The van der Waals surface area contributed by atoms with E-state index in [9.17, 15) is 13.2 Å². The smallest absolute Gasteiger partial charge is 0.279 e. The summed E-state index contributed by atoms with van der Waals surface area (Å²) in [5.41, 5.74) is -5.53. The van der Waals surface area contributed by atoms with Gasteiger partial charge in [-0.05, 0) is 0 Å². The first-order valence-corrected chi connectivity index (χ1v) is 4.82. The molecule has 0 unspecified atom stereocenters. The van der Waals surface area contributed by atoms with E-state index in [2.05, 4.69) is 15.9 Å². The summed E-state index contributed by atoms with van der Waals surface area (Å²) in [6.45, 7) is 2.04. The number of hydrogen-bond donors (Lipinski definition) is 1. The van der Waals surface area contributed by atoms with Crippen LogP contribution in [0, 0.1) is 0 Å². The fraction of sp³-hybridized carbons (Fsp3) is 1.00. The lowest BCUT2D eigenvalue weighted by molar-refractivity contribution is -0.0510. The predicted molar refractivity (Wildman–Crippen MR) is 37.1 cm³/mol. The van der Waals surface area contributed by atoms with Crippen LogP contribution in [0.4, 0.5) is 13.2 Å². The molecular weight excluding hydrogens is 253 g/mol. The molecular formula is C3H6BrF3O3S. The summed E-state index contributed by atoms with van der Waals surface area (Å²) in [4.78, 5) is 0. The van der Waals surface area contributed by atoms with Crippen LogP contribution in [0.25, 0.3) is 0 Å². The third-order valence-corrected chi connectivity index (χ3v) is 0.877. The lowest BCUT2D eigenvalue weighted by atomic mass is 11.0. The normalized spacial score (nSPS) is 11.8. The van der Waals surface area contributed by atoms with E-state index < -0.39 is 15.6 Å². The minimum Gasteiger partial charge on any atom is -0.279 e. The molecule has 0 aliphatic carbocycles. The zero-order valence-corrected chi connectivity index (χ0v) is 7.79. The van der Waals surface area contributed by atoms with Crippen molar-refractivity contribution in [2.75, 3.05) is 5.33 Å². The molecule has 0 rings (SSSR count). The molecule has 0 bridgehead atoms. The van der Waals surface area contributed by atoms with Gasteiger partial charge in [-0.25, -0.2) is 0 Å². The summed E-state index contributed by atoms with van der Waals surface area (Å²) in [5, 5.41) is 1.06. The standard InChI is InChI=1S/C2H5Br.CHF3O3S/c1-2-3;2-1(3,4)8(5,6)7/h2H2,1H3;(H,5,6,7). The molecule has 0 radical (unpaired) electrons. The van der Waals surface area contributed by atoms with Crippen molar-refractivity contribution in [1.29, 1.82) is 0 Å². The molecule has 0 spiro atoms. The zero-order valence-electron chi connectivity index (χ0n) is 5.39. The van der Waals surface area contributed by atoms with E-state index in [1.807, 2.05) is 6.92 Å². The summed E-state index contributed by atoms with van der Waals surface area (Å²) in [6.07, 6.45) is 0. The van der Waals surface area contributed by atoms with Crippen LogP contribution in [0.5, 0.6) is 0 Å². The van der Waals surface area contributed by atoms with Gasteiger partial charge in [0.15, 0.2) is 0 Å². The Kier molecular flexibility index (Phi) is 6.17. The molecule has 0 aromatic rings. The van der Waals surface area contributed by atoms with Crippen molar-refractivity contribution < 1.29 is 26.1 Å². The highest BCUT2D eigenvalue weighted by atomic mass is 79.9. The van der Waals surface area contributed by atoms with E-state index in [4.69, 9.17) is 13.0 Å². The van der Waals surface area contributed by atoms with Gasteiger partial charge in [-0.1, -0.05) is 22.9 Å². The highest BCUT2D eigenvalue weighted by molar-refractivity contribution is 9.09. The van der Waals surface area contributed by atoms with Gasteiger partial charge in [0.2, 0.25) is 0 Å². The first-order chi connectivity index (χ1) is 4.66. The Morgan fingerprint density at radius 3 is 1.55 bits per heavy atom. The van der Waals surface area contributed by atoms with Gasteiger partial charge >= 0.3 is 15.6 Å². The second-order valence-corrected chi connectivity index (χ2v) is 3.72. The molecule has 0 fully saturated rings. The van der Waals surface area contributed by atoms with E-state index >= 15 is 0 Å². The van der Waals surface area contributed by atoms with E-state index in [0.717, 1.165) is 5.33 Å². The Bertz CT molecular complexity index is 184. The van der Waals surface area contributed by atoms with Crippen molar-refractivity contribution in [3.63, 3.8) is 0 Å². The summed E-state index contributed by atoms with van der Waals surface area (Å²) in [5.74, 6) is 0. The second-order valence-electron chi connectivity index (χ2n) is 1.19. The van der Waals surface area contributed by atoms with E-state index in [1.165, 1.54) is 0 Å². The van der Waals surface area contributed by atoms with E-state index in [0.29, 0.717) is 0 Å². The number of rotatable bonds is 0. The van der Waals surface area contributed by atoms with Gasteiger partial charge in [0.05, 0.1) is 0 Å². The Morgan fingerprint density at radius 2 is 1.55 bits per heavy atom. The van der Waals surface area contributed by atoms with Crippen molar-refractivity contribution in [2.45, 2.75) is 12.4 Å². The minimum atomic E-state index is -5.84. The first-order valence-electron chi connectivity index (χ1n) is 2.26. The van der Waals surface area contributed by atoms with Crippen molar-refractivity contribution in [3.8, 4) is 0 Å². The van der Waals surface area contributed by atoms with Crippen LogP contribution in [0.2, 0.25) is 0 Å². The van der Waals surface area contributed by atoms with Gasteiger partial charge in [0.25, 0.3) is 0 Å². The summed E-state index contributed by atoms with van der Waals surface area (Å²) in [6, 6.07) is 0. The number of halogens is 4. The fourth-order valence-corrected chi connectivity index (χ4v) is 0. The van der Waals surface area contributed by atoms with Gasteiger partial charge in [0.1, 0.15) is 0 Å². The van der Waals surface area contributed by atoms with Crippen LogP contribution in [-0.4, -0.2) is 23.8 Å². The Hall–Kier alpha value is 0.180. The molecule has 3 nitrogen and oxygen atoms in total. The summed E-state index contributed by atoms with van der Waals surface area (Å²) in [7, 11) is -5.84. The number of hydrogen-bond acceptors (Lipinski definition) is 2. The molecule has 0 atom stereocenters. The molecule has 0 saturated carbocycles. The minimum absolute atomic E-state index is 1.06. The Morgan fingerprint density at radius 1 is 1.45 bits per heavy atom. The average molecular weight is 259 g/mol. The highest BCUT2D eigenvalue weighted by Crippen LogP contribution is 2.20. The van der Waals surface area contributed by atoms with E-state index in [1.54, 1.807) is 0 Å². The highest BCUT2D eigenvalue weighted by Gasteiger charge is 2.44. The topological polar surface area (TPSA) is 54.4 Å². The molecule has 70 valence electrons. The maximum Gasteiger partial charge on any atom is 0.522 e. The fourth-order valence-electron chi connectivity index (χ4n) is 0. The van der Waals surface area contributed by atoms with Gasteiger partial charge < -0.3 is 0 Å². The van der Waals surface area contributed by atoms with Gasteiger partial charge in [-0.3, -0.25) is 4.55 Å². The van der Waals surface area contributed by atoms with Crippen LogP contribution < -0.4 is 0 Å². The van der Waals surface area contributed by atoms with Crippen LogP contribution in [-0.2, 0) is 10.1 Å². The lowest BCUT2D eigenvalue weighted by Gasteiger charge is -1.97. The first kappa shape index (κ1) is 13.7. The molecule has 1 N–H and O–H groups in total. The monoisotopic (exact) mass is 258 g/mol. The van der Waals surface area contributed by atoms with Crippen LogP contribution >= 0.6 is 15.9 Å². The summed E-state index contributed by atoms with van der Waals surface area (Å²) >= 11 is 3.15. The quantitative estimate of drug-likeness (QED) is 0.410. The van der Waals surface area contributed by atoms with Gasteiger partial charge in [-0.2, -0.15) is 21.6 Å². The van der Waals surface area contributed by atoms with Crippen LogP contribution in [0.1, 0.15) is 6.92 Å². The number of alkyl halides is 4. The molecule has 0 aromatic carbocycles. The maximum atomic E-state index is 10.7. The summed E-state index contributed by atoms with van der Waals surface area (Å²) < 4.78 is 57.5. The third kappa shape index (κ3) is 8.08. The maximum absolute atomic E-state index is 10.7. The average Bonchev–Trinajstić information content (AvgIpc) is 1.60. The molecule has 0 aliphatic rings. The molecule has 8 heteroatoms. The van der Waals surface area contributed by atoms with Crippen molar-refractivity contribution in [3.05, 3.63) is 0 Å². The van der Waals surface area contributed by atoms with Crippen LogP contribution in [0.3, 0.4) is 0 Å². The van der Waals surface area contributed by atoms with Gasteiger partial charge in [-0.15, -0.1) is 0 Å². The van der Waals surface area contributed by atoms with Crippen molar-refractivity contribution in [2.24, 2.45) is 0 Å². The molecule has 0 amide bonds. The largest absolute Gasteiger partial charge is 0.522 e. The molecule has 0 aromatic heterocycles. The lowest BCUT2D eigenvalue weighted by Crippen LogP contribution is -2.21. The van der Waals surface area contributed by atoms with Gasteiger partial charge in [0, 0.05) is 5.33 Å². The predicted octanol–water partition coefficient (Wildman–Crippen LogP) is 1.80. The molecule has 0 heterocycles. The van der Waals surface area contributed by atoms with E-state index in [-0.39, 0.29) is 0 Å². The second kappa shape index (κ2) is 4.94.